The molecule has 0 heterocycles. The van der Waals surface area contributed by atoms with Gasteiger partial charge in [-0.1, -0.05) is 61.0 Å². The Labute approximate surface area is 222 Å². The van der Waals surface area contributed by atoms with Gasteiger partial charge in [-0.25, -0.2) is 0 Å². The standard InChI is InChI=1S/C29H26F3NO6/c1-17-3-5-20(6-4-17)25(34)16-24(19-7-10-22(11-8-19)39-29(30,31)32)27(37)21-9-12-23(18(2)15-21)28(38)33-14-13-26(35)36/h3-12,16,18H,13-15H2,1-2H3,(H,33,38)(H,35,36)/b24-16-. The summed E-state index contributed by atoms with van der Waals surface area (Å²) in [5, 5.41) is 11.3. The number of aryl methyl sites for hydroxylation is 1. The number of aliphatic carboxylic acids is 1. The van der Waals surface area contributed by atoms with Crippen molar-refractivity contribution in [1.82, 2.24) is 5.32 Å². The van der Waals surface area contributed by atoms with Crippen molar-refractivity contribution < 1.29 is 42.2 Å². The molecule has 2 aromatic rings. The zero-order valence-corrected chi connectivity index (χ0v) is 21.2. The monoisotopic (exact) mass is 541 g/mol. The van der Waals surface area contributed by atoms with Gasteiger partial charge in [0.2, 0.25) is 5.91 Å². The highest BCUT2D eigenvalue weighted by Crippen LogP contribution is 2.31. The molecular weight excluding hydrogens is 515 g/mol. The van der Waals surface area contributed by atoms with Gasteiger partial charge in [0.05, 0.1) is 6.42 Å². The number of carbonyl (C=O) groups is 4. The minimum absolute atomic E-state index is 0.0275. The average molecular weight is 542 g/mol. The van der Waals surface area contributed by atoms with E-state index in [-0.39, 0.29) is 30.5 Å². The molecule has 3 rings (SSSR count). The smallest absolute Gasteiger partial charge is 0.481 e. The summed E-state index contributed by atoms with van der Waals surface area (Å²) in [6.07, 6.45) is -0.886. The lowest BCUT2D eigenvalue weighted by molar-refractivity contribution is -0.274. The summed E-state index contributed by atoms with van der Waals surface area (Å²) in [5.74, 6) is -3.35. The van der Waals surface area contributed by atoms with Crippen molar-refractivity contribution in [2.24, 2.45) is 5.92 Å². The summed E-state index contributed by atoms with van der Waals surface area (Å²) in [6, 6.07) is 11.3. The van der Waals surface area contributed by atoms with Crippen molar-refractivity contribution in [3.05, 3.63) is 94.6 Å². The van der Waals surface area contributed by atoms with E-state index in [9.17, 15) is 32.3 Å². The molecule has 0 fully saturated rings. The van der Waals surface area contributed by atoms with Crippen LogP contribution in [0.1, 0.15) is 41.3 Å². The number of carboxylic acid groups (broad SMARTS) is 1. The van der Waals surface area contributed by atoms with Gasteiger partial charge < -0.3 is 15.2 Å². The predicted octanol–water partition coefficient (Wildman–Crippen LogP) is 5.21. The van der Waals surface area contributed by atoms with Crippen LogP contribution in [0.3, 0.4) is 0 Å². The molecule has 1 amide bonds. The van der Waals surface area contributed by atoms with Gasteiger partial charge in [-0.05, 0) is 43.0 Å². The van der Waals surface area contributed by atoms with E-state index in [2.05, 4.69) is 10.1 Å². The van der Waals surface area contributed by atoms with Crippen LogP contribution in [-0.4, -0.2) is 41.5 Å². The molecule has 0 aliphatic heterocycles. The summed E-state index contributed by atoms with van der Waals surface area (Å²) in [7, 11) is 0. The normalized spacial score (nSPS) is 15.6. The first kappa shape index (κ1) is 29.1. The molecule has 39 heavy (non-hydrogen) atoms. The summed E-state index contributed by atoms with van der Waals surface area (Å²) in [6.45, 7) is 3.54. The average Bonchev–Trinajstić information content (AvgIpc) is 2.86. The molecule has 0 spiro atoms. The van der Waals surface area contributed by atoms with E-state index in [4.69, 9.17) is 5.11 Å². The molecule has 10 heteroatoms. The first-order valence-corrected chi connectivity index (χ1v) is 12.0. The van der Waals surface area contributed by atoms with Crippen molar-refractivity contribution in [1.29, 1.82) is 0 Å². The van der Waals surface area contributed by atoms with E-state index in [0.29, 0.717) is 16.7 Å². The zero-order chi connectivity index (χ0) is 28.7. The maximum atomic E-state index is 13.6. The van der Waals surface area contributed by atoms with Crippen molar-refractivity contribution in [3.8, 4) is 5.75 Å². The van der Waals surface area contributed by atoms with Crippen molar-refractivity contribution in [2.75, 3.05) is 6.54 Å². The molecule has 0 radical (unpaired) electrons. The molecule has 1 aliphatic carbocycles. The number of nitrogens with one attached hydrogen (secondary N) is 1. The number of allylic oxidation sites excluding steroid dienone is 5. The van der Waals surface area contributed by atoms with Crippen LogP contribution < -0.4 is 10.1 Å². The van der Waals surface area contributed by atoms with Gasteiger partial charge in [-0.15, -0.1) is 13.2 Å². The number of hydrogen-bond donors (Lipinski definition) is 2. The predicted molar refractivity (Wildman–Crippen MR) is 137 cm³/mol. The quantitative estimate of drug-likeness (QED) is 0.316. The second-order valence-corrected chi connectivity index (χ2v) is 9.01. The lowest BCUT2D eigenvalue weighted by Gasteiger charge is -2.21. The third-order valence-electron chi connectivity index (χ3n) is 5.95. The third kappa shape index (κ3) is 8.26. The number of amides is 1. The van der Waals surface area contributed by atoms with Crippen LogP contribution in [-0.2, 0) is 14.4 Å². The molecule has 1 unspecified atom stereocenters. The van der Waals surface area contributed by atoms with E-state index in [0.717, 1.165) is 23.8 Å². The number of Topliss-reactive ketones (excluding diaryl/α,β-unsaturated/α-hetero) is 1. The topological polar surface area (TPSA) is 110 Å². The van der Waals surface area contributed by atoms with Gasteiger partial charge in [-0.2, -0.15) is 0 Å². The second kappa shape index (κ2) is 12.4. The second-order valence-electron chi connectivity index (χ2n) is 9.01. The number of alkyl halides is 3. The zero-order valence-electron chi connectivity index (χ0n) is 21.2. The van der Waals surface area contributed by atoms with Gasteiger partial charge in [-0.3, -0.25) is 19.2 Å². The molecule has 1 atom stereocenters. The lowest BCUT2D eigenvalue weighted by atomic mass is 9.83. The molecule has 0 saturated heterocycles. The molecule has 0 saturated carbocycles. The first-order chi connectivity index (χ1) is 18.3. The van der Waals surface area contributed by atoms with Crippen LogP contribution in [0.25, 0.3) is 5.57 Å². The van der Waals surface area contributed by atoms with Crippen molar-refractivity contribution >= 4 is 29.0 Å². The van der Waals surface area contributed by atoms with Crippen LogP contribution in [0, 0.1) is 12.8 Å². The Morgan fingerprint density at radius 1 is 1.00 bits per heavy atom. The van der Waals surface area contributed by atoms with Crippen LogP contribution in [0.15, 0.2) is 77.9 Å². The largest absolute Gasteiger partial charge is 0.573 e. The van der Waals surface area contributed by atoms with Crippen LogP contribution >= 0.6 is 0 Å². The van der Waals surface area contributed by atoms with E-state index in [1.165, 1.54) is 24.3 Å². The Kier molecular flexibility index (Phi) is 9.24. The molecule has 2 aromatic carbocycles. The number of ether oxygens (including phenoxy) is 1. The first-order valence-electron chi connectivity index (χ1n) is 12.0. The molecule has 2 N–H and O–H groups in total. The number of rotatable bonds is 10. The SMILES string of the molecule is Cc1ccc(C(=O)/C=C(\C(=O)C2=CC=C(C(=O)NCCC(=O)O)C(C)C2)c2ccc(OC(F)(F)F)cc2)cc1. The molecule has 204 valence electrons. The Hall–Kier alpha value is -4.47. The minimum atomic E-state index is -4.88. The molecular formula is C29H26F3NO6. The summed E-state index contributed by atoms with van der Waals surface area (Å²) in [4.78, 5) is 49.7. The number of hydrogen-bond acceptors (Lipinski definition) is 5. The Morgan fingerprint density at radius 2 is 1.62 bits per heavy atom. The summed E-state index contributed by atoms with van der Waals surface area (Å²) < 4.78 is 41.7. The van der Waals surface area contributed by atoms with E-state index in [1.54, 1.807) is 31.2 Å². The lowest BCUT2D eigenvalue weighted by Crippen LogP contribution is -2.30. The molecule has 0 bridgehead atoms. The van der Waals surface area contributed by atoms with E-state index < -0.39 is 41.5 Å². The highest BCUT2D eigenvalue weighted by atomic mass is 19.4. The number of ketones is 2. The molecule has 1 aliphatic rings. The number of carbonyl (C=O) groups excluding carboxylic acids is 3. The fraction of sp³-hybridized carbons (Fsp3) is 0.241. The fourth-order valence-corrected chi connectivity index (χ4v) is 3.94. The van der Waals surface area contributed by atoms with Gasteiger partial charge in [0.25, 0.3) is 0 Å². The maximum Gasteiger partial charge on any atom is 0.573 e. The summed E-state index contributed by atoms with van der Waals surface area (Å²) >= 11 is 0. The van der Waals surface area contributed by atoms with Gasteiger partial charge in [0.15, 0.2) is 11.6 Å². The molecule has 7 nitrogen and oxygen atoms in total. The fourth-order valence-electron chi connectivity index (χ4n) is 3.94. The molecule has 0 aromatic heterocycles. The number of carboxylic acids is 1. The number of halogens is 3. The van der Waals surface area contributed by atoms with Crippen LogP contribution in [0.2, 0.25) is 0 Å². The third-order valence-corrected chi connectivity index (χ3v) is 5.95. The Morgan fingerprint density at radius 3 is 2.18 bits per heavy atom. The van der Waals surface area contributed by atoms with Crippen molar-refractivity contribution in [3.63, 3.8) is 0 Å². The van der Waals surface area contributed by atoms with Gasteiger partial charge >= 0.3 is 12.3 Å². The van der Waals surface area contributed by atoms with Gasteiger partial charge in [0, 0.05) is 28.8 Å². The van der Waals surface area contributed by atoms with Crippen LogP contribution in [0.5, 0.6) is 5.75 Å². The van der Waals surface area contributed by atoms with Gasteiger partial charge in [0.1, 0.15) is 5.75 Å². The highest BCUT2D eigenvalue weighted by Gasteiger charge is 2.31. The minimum Gasteiger partial charge on any atom is -0.481 e. The Balaban J connectivity index is 1.93. The van der Waals surface area contributed by atoms with Crippen molar-refractivity contribution in [2.45, 2.75) is 33.1 Å². The van der Waals surface area contributed by atoms with E-state index in [1.807, 2.05) is 6.92 Å². The van der Waals surface area contributed by atoms with Crippen LogP contribution in [0.4, 0.5) is 13.2 Å². The van der Waals surface area contributed by atoms with E-state index >= 15 is 0 Å². The maximum absolute atomic E-state index is 13.6. The highest BCUT2D eigenvalue weighted by molar-refractivity contribution is 6.32. The number of benzene rings is 2. The summed E-state index contributed by atoms with van der Waals surface area (Å²) in [5.41, 5.74) is 2.11. The Bertz CT molecular complexity index is 1350.